The van der Waals surface area contributed by atoms with Crippen LogP contribution in [0.25, 0.3) is 27.1 Å². The minimum absolute atomic E-state index is 0.0917. The molecule has 2 aliphatic rings. The first-order valence-electron chi connectivity index (χ1n) is 12.2. The van der Waals surface area contributed by atoms with Crippen LogP contribution >= 0.6 is 11.3 Å². The average molecular weight is 488 g/mol. The van der Waals surface area contributed by atoms with Crippen LogP contribution in [0.3, 0.4) is 0 Å². The van der Waals surface area contributed by atoms with E-state index in [4.69, 9.17) is 4.98 Å². The van der Waals surface area contributed by atoms with Crippen molar-refractivity contribution in [2.45, 2.75) is 32.5 Å². The molecule has 2 N–H and O–H groups in total. The lowest BCUT2D eigenvalue weighted by Crippen LogP contribution is -2.51. The zero-order chi connectivity index (χ0) is 23.9. The highest BCUT2D eigenvalue weighted by atomic mass is 32.1. The van der Waals surface area contributed by atoms with E-state index in [2.05, 4.69) is 17.4 Å². The first kappa shape index (κ1) is 22.3. The summed E-state index contributed by atoms with van der Waals surface area (Å²) in [7, 11) is 0. The lowest BCUT2D eigenvalue weighted by molar-refractivity contribution is 0.0805. The van der Waals surface area contributed by atoms with Crippen LogP contribution in [-0.2, 0) is 6.54 Å². The Kier molecular flexibility index (Phi) is 5.80. The third kappa shape index (κ3) is 4.01. The van der Waals surface area contributed by atoms with Gasteiger partial charge in [0.25, 0.3) is 5.56 Å². The molecule has 0 aliphatic carbocycles. The maximum atomic E-state index is 14.0. The summed E-state index contributed by atoms with van der Waals surface area (Å²) in [4.78, 5) is 20.8. The number of nitrogens with zero attached hydrogens (tertiary/aromatic N) is 4. The SMILES string of the molecule is CC1=c2c(n(Cc3ccccc3)n(-c3nc4ccccc4s3)c2=O)=CC(O)N1CC1CCNCC1. The molecule has 0 bridgehead atoms. The van der Waals surface area contributed by atoms with Crippen molar-refractivity contribution < 1.29 is 5.11 Å². The largest absolute Gasteiger partial charge is 0.370 e. The molecule has 4 heterocycles. The standard InChI is InChI=1S/C27H29N5O2S/c1-18-25-22(15-24(33)30(18)16-20-11-13-28-14-12-20)31(17-19-7-3-2-4-8-19)32(26(25)34)27-29-21-9-5-6-10-23(21)35-27/h2-10,15,20,24,28,33H,11-14,16-17H2,1H3. The van der Waals surface area contributed by atoms with Crippen LogP contribution < -0.4 is 21.4 Å². The Morgan fingerprint density at radius 1 is 1.09 bits per heavy atom. The van der Waals surface area contributed by atoms with E-state index < -0.39 is 6.23 Å². The van der Waals surface area contributed by atoms with Crippen molar-refractivity contribution >= 4 is 33.3 Å². The van der Waals surface area contributed by atoms with Crippen molar-refractivity contribution in [3.63, 3.8) is 0 Å². The highest BCUT2D eigenvalue weighted by Gasteiger charge is 2.28. The quantitative estimate of drug-likeness (QED) is 0.449. The van der Waals surface area contributed by atoms with E-state index in [1.54, 1.807) is 4.68 Å². The maximum absolute atomic E-state index is 14.0. The Morgan fingerprint density at radius 2 is 1.83 bits per heavy atom. The molecule has 0 amide bonds. The van der Waals surface area contributed by atoms with Crippen molar-refractivity contribution in [2.24, 2.45) is 5.92 Å². The summed E-state index contributed by atoms with van der Waals surface area (Å²) in [5.74, 6) is 0.494. The monoisotopic (exact) mass is 487 g/mol. The van der Waals surface area contributed by atoms with Crippen LogP contribution in [-0.4, -0.2) is 50.2 Å². The van der Waals surface area contributed by atoms with Crippen molar-refractivity contribution in [2.75, 3.05) is 19.6 Å². The number of nitrogens with one attached hydrogen (secondary N) is 1. The molecule has 6 rings (SSSR count). The van der Waals surface area contributed by atoms with E-state index in [0.717, 1.165) is 59.3 Å². The van der Waals surface area contributed by atoms with E-state index in [1.807, 2.05) is 65.0 Å². The number of aliphatic hydroxyl groups is 1. The number of aromatic nitrogens is 3. The second kappa shape index (κ2) is 9.11. The Bertz CT molecular complexity index is 1510. The van der Waals surface area contributed by atoms with Crippen molar-refractivity contribution in [3.05, 3.63) is 81.1 Å². The summed E-state index contributed by atoms with van der Waals surface area (Å²) < 4.78 is 4.71. The highest BCUT2D eigenvalue weighted by molar-refractivity contribution is 7.20. The second-order valence-electron chi connectivity index (χ2n) is 9.40. The van der Waals surface area contributed by atoms with Gasteiger partial charge in [0.2, 0.25) is 5.13 Å². The average Bonchev–Trinajstić information content (AvgIpc) is 3.41. The Hall–Kier alpha value is -3.20. The molecule has 7 nitrogen and oxygen atoms in total. The molecule has 1 fully saturated rings. The molecule has 1 saturated heterocycles. The zero-order valence-corrected chi connectivity index (χ0v) is 20.5. The fourth-order valence-electron chi connectivity index (χ4n) is 5.28. The second-order valence-corrected chi connectivity index (χ2v) is 10.4. The number of hydrogen-bond donors (Lipinski definition) is 2. The molecule has 0 radical (unpaired) electrons. The molecule has 8 heteroatoms. The van der Waals surface area contributed by atoms with Crippen LogP contribution in [0.2, 0.25) is 0 Å². The van der Waals surface area contributed by atoms with Gasteiger partial charge in [-0.1, -0.05) is 53.8 Å². The number of hydrogen-bond acceptors (Lipinski definition) is 6. The normalized spacial score (nSPS) is 18.6. The lowest BCUT2D eigenvalue weighted by Gasteiger charge is -2.35. The van der Waals surface area contributed by atoms with Crippen LogP contribution in [0.15, 0.2) is 59.4 Å². The predicted molar refractivity (Wildman–Crippen MR) is 140 cm³/mol. The Balaban J connectivity index is 1.54. The van der Waals surface area contributed by atoms with E-state index in [9.17, 15) is 9.90 Å². The summed E-state index contributed by atoms with van der Waals surface area (Å²) in [6, 6.07) is 18.0. The fraction of sp³-hybridized carbons (Fsp3) is 0.333. The minimum atomic E-state index is -0.773. The third-order valence-corrected chi connectivity index (χ3v) is 8.17. The molecule has 0 spiro atoms. The molecule has 2 aromatic heterocycles. The smallest absolute Gasteiger partial charge is 0.283 e. The van der Waals surface area contributed by atoms with Gasteiger partial charge in [-0.2, -0.15) is 4.68 Å². The summed E-state index contributed by atoms with van der Waals surface area (Å²) in [5, 5.41) is 16.6. The van der Waals surface area contributed by atoms with Gasteiger partial charge in [0, 0.05) is 12.2 Å². The van der Waals surface area contributed by atoms with Gasteiger partial charge in [-0.15, -0.1) is 0 Å². The minimum Gasteiger partial charge on any atom is -0.370 e. The molecular formula is C27H29N5O2S. The molecular weight excluding hydrogens is 458 g/mol. The first-order chi connectivity index (χ1) is 17.1. The van der Waals surface area contributed by atoms with Crippen LogP contribution in [0.5, 0.6) is 0 Å². The van der Waals surface area contributed by atoms with Gasteiger partial charge in [0.15, 0.2) is 0 Å². The number of para-hydroxylation sites is 1. The summed E-state index contributed by atoms with van der Waals surface area (Å²) in [6.45, 7) is 5.22. The zero-order valence-electron chi connectivity index (χ0n) is 19.7. The van der Waals surface area contributed by atoms with E-state index in [0.29, 0.717) is 22.8 Å². The number of fused-ring (bicyclic) bond motifs is 2. The summed E-state index contributed by atoms with van der Waals surface area (Å²) >= 11 is 1.51. The fourth-order valence-corrected chi connectivity index (χ4v) is 6.26. The van der Waals surface area contributed by atoms with Gasteiger partial charge in [0.1, 0.15) is 6.23 Å². The number of thiazole rings is 1. The van der Waals surface area contributed by atoms with E-state index in [1.165, 1.54) is 11.3 Å². The number of piperidine rings is 1. The molecule has 4 aromatic rings. The molecule has 1 unspecified atom stereocenters. The molecule has 2 aromatic carbocycles. The number of rotatable bonds is 5. The van der Waals surface area contributed by atoms with Gasteiger partial charge < -0.3 is 15.3 Å². The van der Waals surface area contributed by atoms with Crippen LogP contribution in [0.1, 0.15) is 25.3 Å². The van der Waals surface area contributed by atoms with Crippen molar-refractivity contribution in [1.82, 2.24) is 24.6 Å². The van der Waals surface area contributed by atoms with Crippen molar-refractivity contribution in [1.29, 1.82) is 0 Å². The first-order valence-corrected chi connectivity index (χ1v) is 13.0. The third-order valence-electron chi connectivity index (χ3n) is 7.15. The predicted octanol–water partition coefficient (Wildman–Crippen LogP) is 1.84. The molecule has 0 saturated carbocycles. The molecule has 180 valence electrons. The van der Waals surface area contributed by atoms with E-state index in [-0.39, 0.29) is 5.56 Å². The Labute approximate surface area is 207 Å². The van der Waals surface area contributed by atoms with Crippen molar-refractivity contribution in [3.8, 4) is 5.13 Å². The van der Waals surface area contributed by atoms with Crippen LogP contribution in [0, 0.1) is 5.92 Å². The maximum Gasteiger partial charge on any atom is 0.283 e. The highest BCUT2D eigenvalue weighted by Crippen LogP contribution is 2.24. The van der Waals surface area contributed by atoms with Crippen LogP contribution in [0.4, 0.5) is 0 Å². The van der Waals surface area contributed by atoms with Gasteiger partial charge in [0.05, 0.1) is 27.3 Å². The topological polar surface area (TPSA) is 75.3 Å². The summed E-state index contributed by atoms with van der Waals surface area (Å²) in [5.41, 5.74) is 2.70. The summed E-state index contributed by atoms with van der Waals surface area (Å²) in [6.07, 6.45) is 3.21. The number of benzene rings is 2. The van der Waals surface area contributed by atoms with E-state index >= 15 is 0 Å². The molecule has 2 aliphatic heterocycles. The Morgan fingerprint density at radius 3 is 2.60 bits per heavy atom. The molecule has 1 atom stereocenters. The van der Waals surface area contributed by atoms with Gasteiger partial charge >= 0.3 is 0 Å². The lowest BCUT2D eigenvalue weighted by atomic mass is 9.96. The van der Waals surface area contributed by atoms with Gasteiger partial charge in [-0.3, -0.25) is 9.48 Å². The molecule has 35 heavy (non-hydrogen) atoms. The number of aliphatic hydroxyl groups excluding tert-OH is 1. The van der Waals surface area contributed by atoms with Gasteiger partial charge in [-0.05, 0) is 62.5 Å². The van der Waals surface area contributed by atoms with Gasteiger partial charge in [-0.25, -0.2) is 4.98 Å².